The average Bonchev–Trinajstić information content (AvgIpc) is 2.80. The first kappa shape index (κ1) is 16.0. The van der Waals surface area contributed by atoms with Gasteiger partial charge in [0.15, 0.2) is 0 Å². The lowest BCUT2D eigenvalue weighted by Crippen LogP contribution is -2.38. The summed E-state index contributed by atoms with van der Waals surface area (Å²) in [6.07, 6.45) is 6.81. The van der Waals surface area contributed by atoms with Gasteiger partial charge in [0, 0.05) is 13.0 Å². The van der Waals surface area contributed by atoms with Crippen LogP contribution in [0.5, 0.6) is 0 Å². The third-order valence-electron chi connectivity index (χ3n) is 4.42. The molecule has 1 aromatic heterocycles. The second-order valence-corrected chi connectivity index (χ2v) is 6.34. The molecule has 0 atom stereocenters. The molecular weight excluding hydrogens is 288 g/mol. The van der Waals surface area contributed by atoms with Crippen LogP contribution in [-0.4, -0.2) is 47.0 Å². The number of nitrogens with one attached hydrogen (secondary N) is 2. The zero-order valence-corrected chi connectivity index (χ0v) is 13.7. The summed E-state index contributed by atoms with van der Waals surface area (Å²) in [7, 11) is 0. The van der Waals surface area contributed by atoms with Crippen LogP contribution in [0.1, 0.15) is 37.9 Å². The van der Waals surface area contributed by atoms with Crippen LogP contribution in [0.15, 0.2) is 24.3 Å². The summed E-state index contributed by atoms with van der Waals surface area (Å²) in [6.45, 7) is 3.38. The topological polar surface area (TPSA) is 61.0 Å². The normalized spacial score (nSPS) is 16.3. The Bertz CT molecular complexity index is 596. The molecule has 2 heterocycles. The van der Waals surface area contributed by atoms with Gasteiger partial charge >= 0.3 is 0 Å². The van der Waals surface area contributed by atoms with E-state index < -0.39 is 0 Å². The van der Waals surface area contributed by atoms with Crippen LogP contribution in [-0.2, 0) is 11.2 Å². The molecule has 1 aromatic carbocycles. The second kappa shape index (κ2) is 8.11. The van der Waals surface area contributed by atoms with Gasteiger partial charge in [0.25, 0.3) is 0 Å². The number of rotatable bonds is 6. The third-order valence-corrected chi connectivity index (χ3v) is 4.42. The Kier molecular flexibility index (Phi) is 5.64. The van der Waals surface area contributed by atoms with Crippen molar-refractivity contribution in [2.24, 2.45) is 0 Å². The Balaban J connectivity index is 1.36. The lowest BCUT2D eigenvalue weighted by Gasteiger charge is -2.18. The first-order chi connectivity index (χ1) is 11.3. The van der Waals surface area contributed by atoms with Crippen molar-refractivity contribution in [2.75, 3.05) is 26.2 Å². The Morgan fingerprint density at radius 2 is 1.96 bits per heavy atom. The molecule has 2 aromatic rings. The Morgan fingerprint density at radius 3 is 2.74 bits per heavy atom. The molecule has 0 radical (unpaired) electrons. The van der Waals surface area contributed by atoms with Crippen molar-refractivity contribution in [1.82, 2.24) is 20.2 Å². The fraction of sp³-hybridized carbons (Fsp3) is 0.556. The van der Waals surface area contributed by atoms with E-state index in [1.165, 1.54) is 25.7 Å². The van der Waals surface area contributed by atoms with E-state index in [0.29, 0.717) is 13.1 Å². The van der Waals surface area contributed by atoms with Crippen molar-refractivity contribution >= 4 is 16.9 Å². The maximum absolute atomic E-state index is 12.0. The van der Waals surface area contributed by atoms with Gasteiger partial charge in [0.2, 0.25) is 5.91 Å². The molecule has 124 valence electrons. The quantitative estimate of drug-likeness (QED) is 0.805. The second-order valence-electron chi connectivity index (χ2n) is 6.34. The molecule has 0 aliphatic carbocycles. The van der Waals surface area contributed by atoms with Gasteiger partial charge in [-0.25, -0.2) is 4.98 Å². The Morgan fingerprint density at radius 1 is 1.17 bits per heavy atom. The molecule has 2 N–H and O–H groups in total. The first-order valence-electron chi connectivity index (χ1n) is 8.74. The fourth-order valence-electron chi connectivity index (χ4n) is 3.16. The summed E-state index contributed by atoms with van der Waals surface area (Å²) in [5, 5.41) is 3.03. The minimum atomic E-state index is 0.150. The molecule has 1 amide bonds. The van der Waals surface area contributed by atoms with Gasteiger partial charge in [-0.05, 0) is 44.5 Å². The molecule has 23 heavy (non-hydrogen) atoms. The summed E-state index contributed by atoms with van der Waals surface area (Å²) >= 11 is 0. The molecule has 0 spiro atoms. The van der Waals surface area contributed by atoms with E-state index in [9.17, 15) is 4.79 Å². The van der Waals surface area contributed by atoms with Gasteiger partial charge in [-0.3, -0.25) is 9.69 Å². The number of para-hydroxylation sites is 2. The number of likely N-dealkylation sites (tertiary alicyclic amines) is 1. The molecule has 1 saturated heterocycles. The summed E-state index contributed by atoms with van der Waals surface area (Å²) < 4.78 is 0. The average molecular weight is 314 g/mol. The number of hydrogen-bond donors (Lipinski definition) is 2. The number of benzene rings is 1. The SMILES string of the molecule is O=C(CN1CCCCCC1)NCCCc1nc2ccccc2[nH]1. The highest BCUT2D eigenvalue weighted by Gasteiger charge is 2.12. The van der Waals surface area contributed by atoms with Crippen LogP contribution < -0.4 is 5.32 Å². The lowest BCUT2D eigenvalue weighted by atomic mass is 10.2. The zero-order valence-electron chi connectivity index (χ0n) is 13.7. The van der Waals surface area contributed by atoms with Crippen LogP contribution in [0.2, 0.25) is 0 Å². The van der Waals surface area contributed by atoms with Crippen LogP contribution in [0.4, 0.5) is 0 Å². The number of fused-ring (bicyclic) bond motifs is 1. The van der Waals surface area contributed by atoms with E-state index in [1.807, 2.05) is 24.3 Å². The Labute approximate surface area is 137 Å². The van der Waals surface area contributed by atoms with E-state index in [0.717, 1.165) is 42.8 Å². The third kappa shape index (κ3) is 4.79. The molecule has 1 aliphatic rings. The molecule has 0 bridgehead atoms. The minimum absolute atomic E-state index is 0.150. The van der Waals surface area contributed by atoms with Gasteiger partial charge in [0.05, 0.1) is 17.6 Å². The van der Waals surface area contributed by atoms with Crippen molar-refractivity contribution in [3.8, 4) is 0 Å². The van der Waals surface area contributed by atoms with Crippen LogP contribution in [0, 0.1) is 0 Å². The highest BCUT2D eigenvalue weighted by molar-refractivity contribution is 5.78. The number of amides is 1. The number of aromatic amines is 1. The van der Waals surface area contributed by atoms with E-state index in [-0.39, 0.29) is 5.91 Å². The molecule has 5 heteroatoms. The van der Waals surface area contributed by atoms with E-state index in [1.54, 1.807) is 0 Å². The van der Waals surface area contributed by atoms with Gasteiger partial charge in [-0.15, -0.1) is 0 Å². The summed E-state index contributed by atoms with van der Waals surface area (Å²) in [6, 6.07) is 8.05. The van der Waals surface area contributed by atoms with Crippen molar-refractivity contribution in [3.05, 3.63) is 30.1 Å². The number of aromatic nitrogens is 2. The largest absolute Gasteiger partial charge is 0.355 e. The lowest BCUT2D eigenvalue weighted by molar-refractivity contribution is -0.122. The first-order valence-corrected chi connectivity index (χ1v) is 8.74. The Hall–Kier alpha value is -1.88. The zero-order chi connectivity index (χ0) is 15.9. The summed E-state index contributed by atoms with van der Waals surface area (Å²) in [5.74, 6) is 1.14. The smallest absolute Gasteiger partial charge is 0.234 e. The van der Waals surface area contributed by atoms with Crippen molar-refractivity contribution in [3.63, 3.8) is 0 Å². The fourth-order valence-corrected chi connectivity index (χ4v) is 3.16. The van der Waals surface area contributed by atoms with Gasteiger partial charge in [0.1, 0.15) is 5.82 Å². The highest BCUT2D eigenvalue weighted by atomic mass is 16.2. The number of hydrogen-bond acceptors (Lipinski definition) is 3. The molecule has 3 rings (SSSR count). The molecule has 1 aliphatic heterocycles. The predicted octanol–water partition coefficient (Wildman–Crippen LogP) is 2.49. The van der Waals surface area contributed by atoms with Crippen LogP contribution in [0.25, 0.3) is 11.0 Å². The number of H-pyrrole nitrogens is 1. The molecule has 0 unspecified atom stereocenters. The predicted molar refractivity (Wildman–Crippen MR) is 92.3 cm³/mol. The number of nitrogens with zero attached hydrogens (tertiary/aromatic N) is 2. The van der Waals surface area contributed by atoms with Gasteiger partial charge in [-0.1, -0.05) is 25.0 Å². The molecule has 1 fully saturated rings. The highest BCUT2D eigenvalue weighted by Crippen LogP contribution is 2.11. The maximum Gasteiger partial charge on any atom is 0.234 e. The van der Waals surface area contributed by atoms with Crippen LogP contribution in [0.3, 0.4) is 0 Å². The van der Waals surface area contributed by atoms with E-state index in [2.05, 4.69) is 20.2 Å². The number of carbonyl (C=O) groups is 1. The van der Waals surface area contributed by atoms with Crippen molar-refractivity contribution in [2.45, 2.75) is 38.5 Å². The molecule has 5 nitrogen and oxygen atoms in total. The van der Waals surface area contributed by atoms with Gasteiger partial charge < -0.3 is 10.3 Å². The molecule has 0 saturated carbocycles. The number of imidazole rings is 1. The summed E-state index contributed by atoms with van der Waals surface area (Å²) in [5.41, 5.74) is 2.08. The minimum Gasteiger partial charge on any atom is -0.355 e. The number of carbonyl (C=O) groups excluding carboxylic acids is 1. The van der Waals surface area contributed by atoms with Gasteiger partial charge in [-0.2, -0.15) is 0 Å². The number of aryl methyl sites for hydroxylation is 1. The summed E-state index contributed by atoms with van der Waals surface area (Å²) in [4.78, 5) is 22.2. The van der Waals surface area contributed by atoms with E-state index >= 15 is 0 Å². The monoisotopic (exact) mass is 314 g/mol. The van der Waals surface area contributed by atoms with Crippen LogP contribution >= 0.6 is 0 Å². The van der Waals surface area contributed by atoms with Crippen molar-refractivity contribution in [1.29, 1.82) is 0 Å². The van der Waals surface area contributed by atoms with Crippen molar-refractivity contribution < 1.29 is 4.79 Å². The molecular formula is C18H26N4O. The van der Waals surface area contributed by atoms with E-state index in [4.69, 9.17) is 0 Å². The maximum atomic E-state index is 12.0. The standard InChI is InChI=1S/C18H26N4O/c23-18(14-22-12-5-1-2-6-13-22)19-11-7-10-17-20-15-8-3-4-9-16(15)21-17/h3-4,8-9H,1-2,5-7,10-14H2,(H,19,23)(H,20,21).